The molecule has 8 heteroatoms. The third-order valence-corrected chi connectivity index (χ3v) is 4.12. The summed E-state index contributed by atoms with van der Waals surface area (Å²) in [6.45, 7) is 0.283. The van der Waals surface area contributed by atoms with Gasteiger partial charge in [0.1, 0.15) is 11.8 Å². The van der Waals surface area contributed by atoms with Gasteiger partial charge in [0.05, 0.1) is 33.2 Å². The Kier molecular flexibility index (Phi) is 5.65. The van der Waals surface area contributed by atoms with Gasteiger partial charge in [-0.05, 0) is 30.3 Å². The fourth-order valence-electron chi connectivity index (χ4n) is 2.84. The molecule has 2 aromatic heterocycles. The molecule has 1 atom stereocenters. The Labute approximate surface area is 156 Å². The molecule has 0 saturated heterocycles. The van der Waals surface area contributed by atoms with E-state index in [1.807, 2.05) is 18.3 Å². The zero-order valence-corrected chi connectivity index (χ0v) is 15.3. The summed E-state index contributed by atoms with van der Waals surface area (Å²) in [5.74, 6) is 1.54. The van der Waals surface area contributed by atoms with E-state index in [0.717, 1.165) is 0 Å². The second-order valence-corrected chi connectivity index (χ2v) is 5.61. The largest absolute Gasteiger partial charge is 0.493 e. The number of benzene rings is 1. The summed E-state index contributed by atoms with van der Waals surface area (Å²) in [7, 11) is 4.49. The molecule has 8 nitrogen and oxygen atoms in total. The molecule has 0 bridgehead atoms. The molecule has 0 fully saturated rings. The van der Waals surface area contributed by atoms with Gasteiger partial charge in [0, 0.05) is 18.9 Å². The molecule has 0 spiro atoms. The van der Waals surface area contributed by atoms with Gasteiger partial charge in [-0.1, -0.05) is 0 Å². The van der Waals surface area contributed by atoms with Gasteiger partial charge in [-0.25, -0.2) is 0 Å². The van der Waals surface area contributed by atoms with Crippen LogP contribution in [-0.2, 0) is 0 Å². The number of hydrogen-bond acceptors (Lipinski definition) is 6. The van der Waals surface area contributed by atoms with E-state index in [-0.39, 0.29) is 18.5 Å². The lowest BCUT2D eigenvalue weighted by Gasteiger charge is -2.18. The number of carbonyl (C=O) groups excluding carboxylic acids is 1. The van der Waals surface area contributed by atoms with Gasteiger partial charge in [-0.2, -0.15) is 5.10 Å². The van der Waals surface area contributed by atoms with E-state index in [2.05, 4.69) is 10.4 Å². The molecular formula is C19H21N3O5. The van der Waals surface area contributed by atoms with Gasteiger partial charge in [0.15, 0.2) is 11.5 Å². The fourth-order valence-corrected chi connectivity index (χ4v) is 2.84. The smallest absolute Gasteiger partial charge is 0.255 e. The van der Waals surface area contributed by atoms with Crippen LogP contribution in [0.1, 0.15) is 22.2 Å². The van der Waals surface area contributed by atoms with E-state index < -0.39 is 0 Å². The zero-order chi connectivity index (χ0) is 19.2. The summed E-state index contributed by atoms with van der Waals surface area (Å²) in [4.78, 5) is 12.8. The van der Waals surface area contributed by atoms with Gasteiger partial charge >= 0.3 is 0 Å². The number of amides is 1. The molecular weight excluding hydrogens is 350 g/mol. The Hall–Kier alpha value is -3.42. The first kappa shape index (κ1) is 18.4. The Morgan fingerprint density at radius 2 is 1.96 bits per heavy atom. The SMILES string of the molecule is COc1ccc(C(=O)NCC(c2ccco2)n2cccn2)c(OC)c1OC. The van der Waals surface area contributed by atoms with Crippen LogP contribution in [0.3, 0.4) is 0 Å². The number of furan rings is 1. The van der Waals surface area contributed by atoms with Crippen LogP contribution in [0.5, 0.6) is 17.2 Å². The van der Waals surface area contributed by atoms with Crippen LogP contribution in [0, 0.1) is 0 Å². The molecule has 27 heavy (non-hydrogen) atoms. The number of ether oxygens (including phenoxy) is 3. The summed E-state index contributed by atoms with van der Waals surface area (Å²) >= 11 is 0. The molecule has 0 aliphatic heterocycles. The first-order valence-corrected chi connectivity index (χ1v) is 8.29. The van der Waals surface area contributed by atoms with E-state index in [4.69, 9.17) is 18.6 Å². The number of methoxy groups -OCH3 is 3. The molecule has 0 saturated carbocycles. The number of carbonyl (C=O) groups is 1. The van der Waals surface area contributed by atoms with Gasteiger partial charge in [0.25, 0.3) is 5.91 Å². The lowest BCUT2D eigenvalue weighted by molar-refractivity contribution is 0.0944. The Bertz CT molecular complexity index is 841. The van der Waals surface area contributed by atoms with Gasteiger partial charge < -0.3 is 23.9 Å². The van der Waals surface area contributed by atoms with E-state index >= 15 is 0 Å². The van der Waals surface area contributed by atoms with Crippen LogP contribution in [0.15, 0.2) is 53.4 Å². The minimum atomic E-state index is -0.309. The van der Waals surface area contributed by atoms with Crippen molar-refractivity contribution in [3.8, 4) is 17.2 Å². The molecule has 2 heterocycles. The van der Waals surface area contributed by atoms with E-state index in [1.54, 1.807) is 35.3 Å². The number of nitrogens with one attached hydrogen (secondary N) is 1. The zero-order valence-electron chi connectivity index (χ0n) is 15.3. The minimum absolute atomic E-state index is 0.273. The Morgan fingerprint density at radius 3 is 2.56 bits per heavy atom. The standard InChI is InChI=1S/C19H21N3O5/c1-24-16-8-7-13(17(25-2)18(16)26-3)19(23)20-12-14(15-6-4-11-27-15)22-10-5-9-21-22/h4-11,14H,12H2,1-3H3,(H,20,23). The lowest BCUT2D eigenvalue weighted by atomic mass is 10.1. The van der Waals surface area contributed by atoms with Crippen molar-refractivity contribution in [3.05, 3.63) is 60.3 Å². The molecule has 1 amide bonds. The van der Waals surface area contributed by atoms with Crippen LogP contribution in [0.2, 0.25) is 0 Å². The maximum Gasteiger partial charge on any atom is 0.255 e. The van der Waals surface area contributed by atoms with Crippen molar-refractivity contribution < 1.29 is 23.4 Å². The van der Waals surface area contributed by atoms with E-state index in [1.165, 1.54) is 21.3 Å². The van der Waals surface area contributed by atoms with Crippen molar-refractivity contribution in [2.24, 2.45) is 0 Å². The summed E-state index contributed by atoms with van der Waals surface area (Å²) in [5.41, 5.74) is 0.341. The summed E-state index contributed by atoms with van der Waals surface area (Å²) in [6, 6.07) is 8.47. The van der Waals surface area contributed by atoms with Crippen LogP contribution >= 0.6 is 0 Å². The third kappa shape index (κ3) is 3.74. The van der Waals surface area contributed by atoms with Crippen molar-refractivity contribution in [2.45, 2.75) is 6.04 Å². The van der Waals surface area contributed by atoms with Gasteiger partial charge in [0.2, 0.25) is 5.75 Å². The quantitative estimate of drug-likeness (QED) is 0.655. The van der Waals surface area contributed by atoms with Crippen LogP contribution < -0.4 is 19.5 Å². The average Bonchev–Trinajstić information content (AvgIpc) is 3.41. The third-order valence-electron chi connectivity index (χ3n) is 4.12. The molecule has 3 rings (SSSR count). The van der Waals surface area contributed by atoms with Gasteiger partial charge in [-0.3, -0.25) is 9.48 Å². The second kappa shape index (κ2) is 8.31. The molecule has 1 N–H and O–H groups in total. The first-order chi connectivity index (χ1) is 13.2. The predicted octanol–water partition coefficient (Wildman–Crippen LogP) is 2.52. The predicted molar refractivity (Wildman–Crippen MR) is 97.5 cm³/mol. The molecule has 142 valence electrons. The maximum absolute atomic E-state index is 12.8. The molecule has 3 aromatic rings. The maximum atomic E-state index is 12.8. The monoisotopic (exact) mass is 371 g/mol. The molecule has 1 unspecified atom stereocenters. The Balaban J connectivity index is 1.83. The first-order valence-electron chi connectivity index (χ1n) is 8.29. The number of nitrogens with zero attached hydrogens (tertiary/aromatic N) is 2. The topological polar surface area (TPSA) is 87.8 Å². The van der Waals surface area contributed by atoms with E-state index in [0.29, 0.717) is 28.6 Å². The summed E-state index contributed by atoms with van der Waals surface area (Å²) < 4.78 is 23.2. The Morgan fingerprint density at radius 1 is 1.15 bits per heavy atom. The number of aromatic nitrogens is 2. The van der Waals surface area contributed by atoms with Crippen molar-refractivity contribution in [1.29, 1.82) is 0 Å². The highest BCUT2D eigenvalue weighted by molar-refractivity contribution is 5.98. The van der Waals surface area contributed by atoms with Crippen molar-refractivity contribution in [3.63, 3.8) is 0 Å². The summed E-state index contributed by atoms with van der Waals surface area (Å²) in [5, 5.41) is 7.15. The number of rotatable bonds is 8. The minimum Gasteiger partial charge on any atom is -0.493 e. The van der Waals surface area contributed by atoms with Crippen molar-refractivity contribution in [1.82, 2.24) is 15.1 Å². The molecule has 0 radical (unpaired) electrons. The lowest BCUT2D eigenvalue weighted by Crippen LogP contribution is -2.31. The van der Waals surface area contributed by atoms with Crippen LogP contribution in [0.4, 0.5) is 0 Å². The van der Waals surface area contributed by atoms with Gasteiger partial charge in [-0.15, -0.1) is 0 Å². The average molecular weight is 371 g/mol. The van der Waals surface area contributed by atoms with Crippen LogP contribution in [0.25, 0.3) is 0 Å². The highest BCUT2D eigenvalue weighted by Crippen LogP contribution is 2.39. The van der Waals surface area contributed by atoms with Crippen LogP contribution in [-0.4, -0.2) is 43.6 Å². The fraction of sp³-hybridized carbons (Fsp3) is 0.263. The van der Waals surface area contributed by atoms with Crippen molar-refractivity contribution in [2.75, 3.05) is 27.9 Å². The molecule has 1 aromatic carbocycles. The number of hydrogen-bond donors (Lipinski definition) is 1. The second-order valence-electron chi connectivity index (χ2n) is 5.61. The normalized spacial score (nSPS) is 11.7. The molecule has 0 aliphatic carbocycles. The summed E-state index contributed by atoms with van der Waals surface area (Å²) in [6.07, 6.45) is 5.08. The highest BCUT2D eigenvalue weighted by atomic mass is 16.5. The molecule has 0 aliphatic rings. The van der Waals surface area contributed by atoms with E-state index in [9.17, 15) is 4.79 Å². The highest BCUT2D eigenvalue weighted by Gasteiger charge is 2.23. The van der Waals surface area contributed by atoms with Crippen molar-refractivity contribution >= 4 is 5.91 Å².